The molecule has 0 bridgehead atoms. The van der Waals surface area contributed by atoms with Crippen LogP contribution in [0, 0.1) is 0 Å². The van der Waals surface area contributed by atoms with Crippen molar-refractivity contribution in [2.45, 2.75) is 6.42 Å². The first kappa shape index (κ1) is 14.3. The van der Waals surface area contributed by atoms with E-state index in [9.17, 15) is 0 Å². The second-order valence-electron chi connectivity index (χ2n) is 4.63. The summed E-state index contributed by atoms with van der Waals surface area (Å²) >= 11 is 5.27. The molecular formula is C17H14BrNOS. The van der Waals surface area contributed by atoms with Crippen LogP contribution in [0.4, 0.5) is 0 Å². The maximum absolute atomic E-state index is 5.18. The molecule has 0 unspecified atom stereocenters. The summed E-state index contributed by atoms with van der Waals surface area (Å²) < 4.78 is 6.25. The summed E-state index contributed by atoms with van der Waals surface area (Å²) in [4.78, 5) is 4.74. The number of benzene rings is 2. The third kappa shape index (κ3) is 3.34. The summed E-state index contributed by atoms with van der Waals surface area (Å²) in [5.74, 6) is 0.881. The van der Waals surface area contributed by atoms with Gasteiger partial charge in [0.1, 0.15) is 5.75 Å². The van der Waals surface area contributed by atoms with E-state index < -0.39 is 0 Å². The lowest BCUT2D eigenvalue weighted by atomic mass is 10.1. The lowest BCUT2D eigenvalue weighted by Gasteiger charge is -2.02. The molecule has 0 aliphatic heterocycles. The van der Waals surface area contributed by atoms with Crippen LogP contribution in [0.15, 0.2) is 58.4 Å². The molecule has 0 saturated heterocycles. The van der Waals surface area contributed by atoms with E-state index >= 15 is 0 Å². The first-order valence-electron chi connectivity index (χ1n) is 6.58. The van der Waals surface area contributed by atoms with Crippen molar-refractivity contribution in [2.75, 3.05) is 7.11 Å². The Bertz CT molecular complexity index is 737. The fraction of sp³-hybridized carbons (Fsp3) is 0.118. The van der Waals surface area contributed by atoms with Gasteiger partial charge in [0.25, 0.3) is 0 Å². The second-order valence-corrected chi connectivity index (χ2v) is 6.43. The minimum atomic E-state index is 0.846. The number of ether oxygens (including phenoxy) is 1. The molecule has 0 amide bonds. The van der Waals surface area contributed by atoms with E-state index in [0.29, 0.717) is 0 Å². The van der Waals surface area contributed by atoms with Crippen LogP contribution in [0.2, 0.25) is 0 Å². The van der Waals surface area contributed by atoms with Gasteiger partial charge in [-0.05, 0) is 23.8 Å². The quantitative estimate of drug-likeness (QED) is 0.640. The van der Waals surface area contributed by atoms with Crippen molar-refractivity contribution in [3.8, 4) is 17.0 Å². The van der Waals surface area contributed by atoms with Gasteiger partial charge in [0.15, 0.2) is 0 Å². The molecule has 3 aromatic rings. The molecule has 2 aromatic carbocycles. The van der Waals surface area contributed by atoms with Crippen LogP contribution in [0.25, 0.3) is 11.3 Å². The molecule has 4 heteroatoms. The van der Waals surface area contributed by atoms with Crippen molar-refractivity contribution in [2.24, 2.45) is 0 Å². The summed E-state index contributed by atoms with van der Waals surface area (Å²) in [6, 6.07) is 16.3. The molecule has 0 spiro atoms. The molecule has 0 aliphatic carbocycles. The smallest absolute Gasteiger partial charge is 0.118 e. The number of rotatable bonds is 4. The minimum absolute atomic E-state index is 0.846. The van der Waals surface area contributed by atoms with Gasteiger partial charge in [-0.15, -0.1) is 11.3 Å². The summed E-state index contributed by atoms with van der Waals surface area (Å²) in [6.07, 6.45) is 0.846. The number of hydrogen-bond acceptors (Lipinski definition) is 3. The zero-order chi connectivity index (χ0) is 14.7. The summed E-state index contributed by atoms with van der Waals surface area (Å²) in [5, 5.41) is 3.23. The second kappa shape index (κ2) is 6.41. The van der Waals surface area contributed by atoms with E-state index in [1.807, 2.05) is 30.3 Å². The van der Waals surface area contributed by atoms with Crippen LogP contribution in [0.5, 0.6) is 5.75 Å². The largest absolute Gasteiger partial charge is 0.497 e. The van der Waals surface area contributed by atoms with Crippen molar-refractivity contribution < 1.29 is 4.74 Å². The predicted molar refractivity (Wildman–Crippen MR) is 91.1 cm³/mol. The SMILES string of the molecule is COc1ccc(Cc2nc(-c3ccccc3Br)cs2)cc1. The first-order chi connectivity index (χ1) is 10.3. The molecule has 0 radical (unpaired) electrons. The highest BCUT2D eigenvalue weighted by atomic mass is 79.9. The van der Waals surface area contributed by atoms with E-state index in [4.69, 9.17) is 9.72 Å². The van der Waals surface area contributed by atoms with Gasteiger partial charge in [0.2, 0.25) is 0 Å². The Morgan fingerprint density at radius 1 is 1.10 bits per heavy atom. The summed E-state index contributed by atoms with van der Waals surface area (Å²) in [5.41, 5.74) is 3.40. The molecule has 1 aromatic heterocycles. The van der Waals surface area contributed by atoms with Gasteiger partial charge < -0.3 is 4.74 Å². The zero-order valence-electron chi connectivity index (χ0n) is 11.5. The van der Waals surface area contributed by atoms with Gasteiger partial charge >= 0.3 is 0 Å². The Labute approximate surface area is 136 Å². The topological polar surface area (TPSA) is 22.1 Å². The molecule has 0 fully saturated rings. The number of halogens is 1. The van der Waals surface area contributed by atoms with Gasteiger partial charge in [0, 0.05) is 21.8 Å². The monoisotopic (exact) mass is 359 g/mol. The highest BCUT2D eigenvalue weighted by Gasteiger charge is 2.08. The molecular weight excluding hydrogens is 346 g/mol. The number of aromatic nitrogens is 1. The lowest BCUT2D eigenvalue weighted by Crippen LogP contribution is -1.89. The Morgan fingerprint density at radius 3 is 2.57 bits per heavy atom. The zero-order valence-corrected chi connectivity index (χ0v) is 13.9. The summed E-state index contributed by atoms with van der Waals surface area (Å²) in [7, 11) is 1.68. The fourth-order valence-corrected chi connectivity index (χ4v) is 3.42. The van der Waals surface area contributed by atoms with Gasteiger partial charge in [-0.1, -0.05) is 46.3 Å². The van der Waals surface area contributed by atoms with Crippen molar-refractivity contribution in [3.63, 3.8) is 0 Å². The molecule has 3 rings (SSSR count). The standard InChI is InChI=1S/C17H14BrNOS/c1-20-13-8-6-12(7-9-13)10-17-19-16(11-21-17)14-4-2-3-5-15(14)18/h2-9,11H,10H2,1H3. The van der Waals surface area contributed by atoms with Crippen molar-refractivity contribution in [1.82, 2.24) is 4.98 Å². The molecule has 0 aliphatic rings. The van der Waals surface area contributed by atoms with E-state index in [1.165, 1.54) is 5.56 Å². The Balaban J connectivity index is 1.80. The van der Waals surface area contributed by atoms with Gasteiger partial charge in [-0.3, -0.25) is 0 Å². The Morgan fingerprint density at radius 2 is 1.86 bits per heavy atom. The number of thiazole rings is 1. The average molecular weight is 360 g/mol. The highest BCUT2D eigenvalue weighted by Crippen LogP contribution is 2.29. The van der Waals surface area contributed by atoms with Crippen LogP contribution in [0.3, 0.4) is 0 Å². The third-order valence-electron chi connectivity index (χ3n) is 3.22. The summed E-state index contributed by atoms with van der Waals surface area (Å²) in [6.45, 7) is 0. The molecule has 21 heavy (non-hydrogen) atoms. The van der Waals surface area contributed by atoms with Gasteiger partial charge in [0.05, 0.1) is 17.8 Å². The molecule has 2 nitrogen and oxygen atoms in total. The van der Waals surface area contributed by atoms with E-state index in [1.54, 1.807) is 18.4 Å². The Hall–Kier alpha value is -1.65. The maximum atomic E-state index is 5.18. The highest BCUT2D eigenvalue weighted by molar-refractivity contribution is 9.10. The van der Waals surface area contributed by atoms with Crippen LogP contribution >= 0.6 is 27.3 Å². The van der Waals surface area contributed by atoms with Crippen molar-refractivity contribution in [3.05, 3.63) is 69.0 Å². The first-order valence-corrected chi connectivity index (χ1v) is 8.26. The molecule has 0 N–H and O–H groups in total. The van der Waals surface area contributed by atoms with Crippen LogP contribution in [-0.4, -0.2) is 12.1 Å². The molecule has 1 heterocycles. The lowest BCUT2D eigenvalue weighted by molar-refractivity contribution is 0.414. The Kier molecular flexibility index (Phi) is 4.36. The van der Waals surface area contributed by atoms with Crippen LogP contribution in [-0.2, 0) is 6.42 Å². The van der Waals surface area contributed by atoms with Gasteiger partial charge in [-0.25, -0.2) is 4.98 Å². The molecule has 0 atom stereocenters. The molecule has 0 saturated carbocycles. The van der Waals surface area contributed by atoms with Gasteiger partial charge in [-0.2, -0.15) is 0 Å². The average Bonchev–Trinajstić information content (AvgIpc) is 2.97. The third-order valence-corrected chi connectivity index (χ3v) is 4.76. The normalized spacial score (nSPS) is 10.6. The fourth-order valence-electron chi connectivity index (χ4n) is 2.10. The van der Waals surface area contributed by atoms with Crippen LogP contribution in [0.1, 0.15) is 10.6 Å². The maximum Gasteiger partial charge on any atom is 0.118 e. The predicted octanol–water partition coefficient (Wildman–Crippen LogP) is 5.17. The number of hydrogen-bond donors (Lipinski definition) is 0. The van der Waals surface area contributed by atoms with E-state index in [-0.39, 0.29) is 0 Å². The van der Waals surface area contributed by atoms with Crippen LogP contribution < -0.4 is 4.74 Å². The molecule has 106 valence electrons. The number of methoxy groups -OCH3 is 1. The van der Waals surface area contributed by atoms with Crippen molar-refractivity contribution >= 4 is 27.3 Å². The minimum Gasteiger partial charge on any atom is -0.497 e. The van der Waals surface area contributed by atoms with E-state index in [0.717, 1.165) is 32.9 Å². The van der Waals surface area contributed by atoms with Crippen molar-refractivity contribution in [1.29, 1.82) is 0 Å². The van der Waals surface area contributed by atoms with E-state index in [2.05, 4.69) is 39.5 Å². The number of nitrogens with zero attached hydrogens (tertiary/aromatic N) is 1.